The van der Waals surface area contributed by atoms with Crippen molar-refractivity contribution < 1.29 is 19.0 Å². The highest BCUT2D eigenvalue weighted by atomic mass is 16.7. The summed E-state index contributed by atoms with van der Waals surface area (Å²) in [5.74, 6) is 2.60. The third-order valence-electron chi connectivity index (χ3n) is 5.95. The maximum atomic E-state index is 13.2. The van der Waals surface area contributed by atoms with Gasteiger partial charge < -0.3 is 14.2 Å². The van der Waals surface area contributed by atoms with Crippen LogP contribution in [0.5, 0.6) is 17.2 Å². The van der Waals surface area contributed by atoms with E-state index in [-0.39, 0.29) is 18.0 Å². The summed E-state index contributed by atoms with van der Waals surface area (Å²) in [7, 11) is 1.68. The first-order valence-electron chi connectivity index (χ1n) is 9.85. The SMILES string of the molecule is COc1ccccc1-c1ccc(CC(=O)C2(c3ccc4c(c3)OCO4)CC2)cc1. The van der Waals surface area contributed by atoms with Gasteiger partial charge >= 0.3 is 0 Å². The first-order chi connectivity index (χ1) is 14.2. The lowest BCUT2D eigenvalue weighted by Crippen LogP contribution is -2.22. The normalized spacial score (nSPS) is 15.8. The van der Waals surface area contributed by atoms with E-state index in [1.54, 1.807) is 7.11 Å². The molecule has 0 radical (unpaired) electrons. The van der Waals surface area contributed by atoms with E-state index in [1.807, 2.05) is 54.6 Å². The van der Waals surface area contributed by atoms with Crippen molar-refractivity contribution >= 4 is 5.78 Å². The van der Waals surface area contributed by atoms with Gasteiger partial charge in [0, 0.05) is 12.0 Å². The molecule has 0 unspecified atom stereocenters. The first-order valence-corrected chi connectivity index (χ1v) is 9.85. The van der Waals surface area contributed by atoms with Gasteiger partial charge in [-0.05, 0) is 47.7 Å². The van der Waals surface area contributed by atoms with Crippen LogP contribution in [0.2, 0.25) is 0 Å². The Morgan fingerprint density at radius 2 is 1.72 bits per heavy atom. The number of ketones is 1. The summed E-state index contributed by atoms with van der Waals surface area (Å²) in [5.41, 5.74) is 3.82. The number of hydrogen-bond donors (Lipinski definition) is 0. The summed E-state index contributed by atoms with van der Waals surface area (Å²) in [6.45, 7) is 0.248. The Balaban J connectivity index is 1.35. The van der Waals surface area contributed by atoms with E-state index in [4.69, 9.17) is 14.2 Å². The molecule has 0 bridgehead atoms. The topological polar surface area (TPSA) is 44.8 Å². The molecule has 3 aromatic carbocycles. The van der Waals surface area contributed by atoms with E-state index in [0.29, 0.717) is 6.42 Å². The Labute approximate surface area is 170 Å². The molecule has 0 spiro atoms. The second-order valence-electron chi connectivity index (χ2n) is 7.65. The van der Waals surface area contributed by atoms with Gasteiger partial charge in [0.2, 0.25) is 6.79 Å². The number of fused-ring (bicyclic) bond motifs is 1. The van der Waals surface area contributed by atoms with Gasteiger partial charge in [-0.1, -0.05) is 48.5 Å². The lowest BCUT2D eigenvalue weighted by molar-refractivity contribution is -0.120. The molecule has 1 aliphatic carbocycles. The molecule has 2 aliphatic rings. The van der Waals surface area contributed by atoms with E-state index in [9.17, 15) is 4.79 Å². The van der Waals surface area contributed by atoms with Crippen molar-refractivity contribution in [2.75, 3.05) is 13.9 Å². The van der Waals surface area contributed by atoms with Crippen LogP contribution in [0.15, 0.2) is 66.7 Å². The monoisotopic (exact) mass is 386 g/mol. The summed E-state index contributed by atoms with van der Waals surface area (Å²) in [6.07, 6.45) is 2.22. The van der Waals surface area contributed by atoms with Crippen molar-refractivity contribution in [3.8, 4) is 28.4 Å². The minimum Gasteiger partial charge on any atom is -0.496 e. The van der Waals surface area contributed by atoms with Crippen molar-refractivity contribution in [3.05, 3.63) is 77.9 Å². The molecule has 146 valence electrons. The number of para-hydroxylation sites is 1. The second kappa shape index (κ2) is 6.96. The van der Waals surface area contributed by atoms with Gasteiger partial charge in [0.15, 0.2) is 11.5 Å². The van der Waals surface area contributed by atoms with Crippen molar-refractivity contribution in [2.24, 2.45) is 0 Å². The van der Waals surface area contributed by atoms with E-state index >= 15 is 0 Å². The predicted octanol–water partition coefficient (Wildman–Crippen LogP) is 4.93. The third-order valence-corrected chi connectivity index (χ3v) is 5.95. The highest BCUT2D eigenvalue weighted by Gasteiger charge is 2.50. The van der Waals surface area contributed by atoms with Crippen LogP contribution >= 0.6 is 0 Å². The molecule has 0 saturated heterocycles. The molecule has 0 amide bonds. The van der Waals surface area contributed by atoms with Crippen molar-refractivity contribution in [3.63, 3.8) is 0 Å². The van der Waals surface area contributed by atoms with Gasteiger partial charge in [0.25, 0.3) is 0 Å². The molecule has 1 saturated carbocycles. The average molecular weight is 386 g/mol. The Kier molecular flexibility index (Phi) is 4.27. The maximum absolute atomic E-state index is 13.2. The zero-order valence-electron chi connectivity index (χ0n) is 16.3. The van der Waals surface area contributed by atoms with Gasteiger partial charge in [-0.3, -0.25) is 4.79 Å². The molecule has 1 fully saturated rings. The fourth-order valence-electron chi connectivity index (χ4n) is 4.09. The molecule has 5 rings (SSSR count). The fraction of sp³-hybridized carbons (Fsp3) is 0.240. The second-order valence-corrected chi connectivity index (χ2v) is 7.65. The minimum atomic E-state index is -0.373. The molecule has 4 heteroatoms. The quantitative estimate of drug-likeness (QED) is 0.602. The molecular formula is C25H22O4. The number of ether oxygens (including phenoxy) is 3. The van der Waals surface area contributed by atoms with E-state index in [1.165, 1.54) is 0 Å². The molecule has 29 heavy (non-hydrogen) atoms. The number of rotatable bonds is 6. The molecule has 0 atom stereocenters. The first kappa shape index (κ1) is 17.8. The van der Waals surface area contributed by atoms with Crippen LogP contribution in [0.4, 0.5) is 0 Å². The van der Waals surface area contributed by atoms with Crippen molar-refractivity contribution in [1.29, 1.82) is 0 Å². The van der Waals surface area contributed by atoms with Gasteiger partial charge in [-0.25, -0.2) is 0 Å². The molecule has 0 N–H and O–H groups in total. The molecule has 0 aromatic heterocycles. The van der Waals surface area contributed by atoms with Gasteiger partial charge in [0.05, 0.1) is 12.5 Å². The van der Waals surface area contributed by atoms with Crippen LogP contribution < -0.4 is 14.2 Å². The Morgan fingerprint density at radius 3 is 2.48 bits per heavy atom. The Morgan fingerprint density at radius 1 is 0.966 bits per heavy atom. The van der Waals surface area contributed by atoms with Crippen molar-refractivity contribution in [2.45, 2.75) is 24.7 Å². The maximum Gasteiger partial charge on any atom is 0.231 e. The zero-order valence-corrected chi connectivity index (χ0v) is 16.3. The highest BCUT2D eigenvalue weighted by Crippen LogP contribution is 2.51. The summed E-state index contributed by atoms with van der Waals surface area (Å²) in [4.78, 5) is 13.2. The summed E-state index contributed by atoms with van der Waals surface area (Å²) >= 11 is 0. The van der Waals surface area contributed by atoms with Crippen LogP contribution in [0.3, 0.4) is 0 Å². The van der Waals surface area contributed by atoms with Crippen LogP contribution in [0.25, 0.3) is 11.1 Å². The number of hydrogen-bond acceptors (Lipinski definition) is 4. The van der Waals surface area contributed by atoms with Crippen LogP contribution in [0.1, 0.15) is 24.0 Å². The third kappa shape index (κ3) is 3.15. The summed E-state index contributed by atoms with van der Waals surface area (Å²) in [5, 5.41) is 0. The summed E-state index contributed by atoms with van der Waals surface area (Å²) in [6, 6.07) is 22.0. The molecule has 4 nitrogen and oxygen atoms in total. The molecule has 1 aliphatic heterocycles. The number of benzene rings is 3. The standard InChI is InChI=1S/C25H22O4/c1-27-21-5-3-2-4-20(21)18-8-6-17(7-9-18)14-24(26)25(12-13-25)19-10-11-22-23(15-19)29-16-28-22/h2-11,15H,12-14,16H2,1H3. The van der Waals surface area contributed by atoms with E-state index < -0.39 is 0 Å². The predicted molar refractivity (Wildman–Crippen MR) is 111 cm³/mol. The van der Waals surface area contributed by atoms with Crippen molar-refractivity contribution in [1.82, 2.24) is 0 Å². The lowest BCUT2D eigenvalue weighted by atomic mass is 9.87. The Hall–Kier alpha value is -3.27. The van der Waals surface area contributed by atoms with Gasteiger partial charge in [-0.2, -0.15) is 0 Å². The van der Waals surface area contributed by atoms with E-state index in [2.05, 4.69) is 12.1 Å². The average Bonchev–Trinajstić information content (AvgIpc) is 3.45. The van der Waals surface area contributed by atoms with Crippen LogP contribution in [-0.4, -0.2) is 19.7 Å². The molecular weight excluding hydrogens is 364 g/mol. The largest absolute Gasteiger partial charge is 0.496 e. The summed E-state index contributed by atoms with van der Waals surface area (Å²) < 4.78 is 16.3. The highest BCUT2D eigenvalue weighted by molar-refractivity contribution is 5.94. The number of methoxy groups -OCH3 is 1. The molecule has 3 aromatic rings. The van der Waals surface area contributed by atoms with Crippen LogP contribution in [0, 0.1) is 0 Å². The Bertz CT molecular complexity index is 1060. The van der Waals surface area contributed by atoms with Crippen LogP contribution in [-0.2, 0) is 16.6 Å². The number of Topliss-reactive ketones (excluding diaryl/α,β-unsaturated/α-hetero) is 1. The molecule has 1 heterocycles. The van der Waals surface area contributed by atoms with Gasteiger partial charge in [-0.15, -0.1) is 0 Å². The smallest absolute Gasteiger partial charge is 0.231 e. The lowest BCUT2D eigenvalue weighted by Gasteiger charge is -2.15. The number of carbonyl (C=O) groups is 1. The fourth-order valence-corrected chi connectivity index (χ4v) is 4.09. The minimum absolute atomic E-state index is 0.248. The zero-order chi connectivity index (χ0) is 19.8. The van der Waals surface area contributed by atoms with E-state index in [0.717, 1.165) is 52.3 Å². The van der Waals surface area contributed by atoms with Gasteiger partial charge in [0.1, 0.15) is 11.5 Å². The number of carbonyl (C=O) groups excluding carboxylic acids is 1.